The van der Waals surface area contributed by atoms with Crippen molar-refractivity contribution in [3.63, 3.8) is 0 Å². The molecule has 3 heteroatoms. The van der Waals surface area contributed by atoms with Crippen molar-refractivity contribution in [3.8, 4) is 0 Å². The number of hydroxylamine groups is 2. The van der Waals surface area contributed by atoms with E-state index < -0.39 is 0 Å². The summed E-state index contributed by atoms with van der Waals surface area (Å²) in [6, 6.07) is 17.4. The van der Waals surface area contributed by atoms with Crippen molar-refractivity contribution in [2.75, 3.05) is 0 Å². The van der Waals surface area contributed by atoms with E-state index in [-0.39, 0.29) is 0 Å². The number of halogens is 1. The van der Waals surface area contributed by atoms with Crippen LogP contribution in [-0.2, 0) is 13.1 Å². The number of hydrogen-bond acceptors (Lipinski definition) is 2. The first-order chi connectivity index (χ1) is 8.24. The van der Waals surface area contributed by atoms with E-state index in [0.717, 1.165) is 11.1 Å². The first-order valence-electron chi connectivity index (χ1n) is 5.46. The Morgan fingerprint density at radius 1 is 0.824 bits per heavy atom. The SMILES string of the molecule is ON(Cc1ccccc1)Cc1ccc(Cl)cc1. The Morgan fingerprint density at radius 2 is 1.35 bits per heavy atom. The van der Waals surface area contributed by atoms with Crippen LogP contribution in [0.15, 0.2) is 54.6 Å². The zero-order valence-corrected chi connectivity index (χ0v) is 10.1. The summed E-state index contributed by atoms with van der Waals surface area (Å²) in [6.45, 7) is 1.01. The van der Waals surface area contributed by atoms with Gasteiger partial charge in [0.05, 0.1) is 0 Å². The molecule has 0 aromatic heterocycles. The highest BCUT2D eigenvalue weighted by Gasteiger charge is 2.03. The van der Waals surface area contributed by atoms with Crippen LogP contribution in [0.5, 0.6) is 0 Å². The lowest BCUT2D eigenvalue weighted by atomic mass is 10.2. The van der Waals surface area contributed by atoms with Crippen molar-refractivity contribution in [2.24, 2.45) is 0 Å². The zero-order chi connectivity index (χ0) is 12.1. The van der Waals surface area contributed by atoms with E-state index >= 15 is 0 Å². The second-order valence-corrected chi connectivity index (χ2v) is 4.37. The zero-order valence-electron chi connectivity index (χ0n) is 9.38. The van der Waals surface area contributed by atoms with E-state index in [1.165, 1.54) is 5.06 Å². The van der Waals surface area contributed by atoms with Crippen LogP contribution < -0.4 is 0 Å². The molecule has 1 N–H and O–H groups in total. The molecule has 0 bridgehead atoms. The van der Waals surface area contributed by atoms with Gasteiger partial charge >= 0.3 is 0 Å². The van der Waals surface area contributed by atoms with Crippen molar-refractivity contribution >= 4 is 11.6 Å². The predicted molar refractivity (Wildman–Crippen MR) is 68.9 cm³/mol. The number of rotatable bonds is 4. The first-order valence-corrected chi connectivity index (χ1v) is 5.84. The summed E-state index contributed by atoms with van der Waals surface area (Å²) in [5.74, 6) is 0. The highest BCUT2D eigenvalue weighted by atomic mass is 35.5. The van der Waals surface area contributed by atoms with Gasteiger partial charge in [0.1, 0.15) is 0 Å². The number of nitrogens with zero attached hydrogens (tertiary/aromatic N) is 1. The van der Waals surface area contributed by atoms with E-state index in [1.54, 1.807) is 0 Å². The second kappa shape index (κ2) is 5.82. The normalized spacial score (nSPS) is 10.8. The summed E-state index contributed by atoms with van der Waals surface area (Å²) in [5.41, 5.74) is 2.12. The van der Waals surface area contributed by atoms with Gasteiger partial charge in [-0.1, -0.05) is 54.1 Å². The van der Waals surface area contributed by atoms with Gasteiger partial charge in [-0.25, -0.2) is 0 Å². The van der Waals surface area contributed by atoms with Gasteiger partial charge in [-0.05, 0) is 23.3 Å². The Kier molecular flexibility index (Phi) is 4.15. The minimum absolute atomic E-state index is 0.492. The molecular weight excluding hydrogens is 234 g/mol. The lowest BCUT2D eigenvalue weighted by molar-refractivity contribution is -0.108. The number of benzene rings is 2. The van der Waals surface area contributed by atoms with Gasteiger partial charge in [-0.2, -0.15) is 5.06 Å². The fourth-order valence-corrected chi connectivity index (χ4v) is 1.78. The van der Waals surface area contributed by atoms with E-state index in [9.17, 15) is 5.21 Å². The summed E-state index contributed by atoms with van der Waals surface area (Å²) in [6.07, 6.45) is 0. The van der Waals surface area contributed by atoms with Crippen LogP contribution in [0, 0.1) is 0 Å². The number of hydrogen-bond donors (Lipinski definition) is 1. The molecule has 2 aromatic carbocycles. The average molecular weight is 248 g/mol. The van der Waals surface area contributed by atoms with Crippen LogP contribution in [0.25, 0.3) is 0 Å². The van der Waals surface area contributed by atoms with Gasteiger partial charge in [-0.3, -0.25) is 0 Å². The Bertz CT molecular complexity index is 455. The molecule has 2 nitrogen and oxygen atoms in total. The van der Waals surface area contributed by atoms with Crippen LogP contribution in [0.1, 0.15) is 11.1 Å². The van der Waals surface area contributed by atoms with Crippen LogP contribution in [-0.4, -0.2) is 10.3 Å². The van der Waals surface area contributed by atoms with Crippen LogP contribution in [0.2, 0.25) is 5.02 Å². The van der Waals surface area contributed by atoms with Crippen molar-refractivity contribution in [1.82, 2.24) is 5.06 Å². The molecule has 0 heterocycles. The maximum Gasteiger partial charge on any atom is 0.0492 e. The minimum Gasteiger partial charge on any atom is -0.313 e. The van der Waals surface area contributed by atoms with Crippen molar-refractivity contribution in [3.05, 3.63) is 70.7 Å². The lowest BCUT2D eigenvalue weighted by Crippen LogP contribution is -2.17. The summed E-state index contributed by atoms with van der Waals surface area (Å²) in [5, 5.41) is 11.8. The first kappa shape index (κ1) is 12.1. The van der Waals surface area contributed by atoms with E-state index in [4.69, 9.17) is 11.6 Å². The molecule has 17 heavy (non-hydrogen) atoms. The maximum atomic E-state index is 9.83. The molecule has 2 rings (SSSR count). The Hall–Kier alpha value is -1.35. The highest BCUT2D eigenvalue weighted by Crippen LogP contribution is 2.12. The molecule has 88 valence electrons. The van der Waals surface area contributed by atoms with E-state index in [2.05, 4.69) is 0 Å². The van der Waals surface area contributed by atoms with Crippen molar-refractivity contribution in [2.45, 2.75) is 13.1 Å². The van der Waals surface area contributed by atoms with Crippen LogP contribution in [0.3, 0.4) is 0 Å². The third-order valence-corrected chi connectivity index (χ3v) is 2.74. The molecule has 0 spiro atoms. The Labute approximate surface area is 106 Å². The summed E-state index contributed by atoms with van der Waals surface area (Å²) >= 11 is 5.80. The molecule has 0 saturated carbocycles. The molecule has 2 aromatic rings. The van der Waals surface area contributed by atoms with E-state index in [0.29, 0.717) is 18.1 Å². The lowest BCUT2D eigenvalue weighted by Gasteiger charge is -2.14. The molecule has 0 atom stereocenters. The van der Waals surface area contributed by atoms with Gasteiger partial charge in [0, 0.05) is 18.1 Å². The average Bonchev–Trinajstić information content (AvgIpc) is 2.33. The van der Waals surface area contributed by atoms with Gasteiger partial charge in [0.2, 0.25) is 0 Å². The molecule has 0 saturated heterocycles. The Balaban J connectivity index is 1.93. The van der Waals surface area contributed by atoms with Crippen LogP contribution in [0.4, 0.5) is 0 Å². The van der Waals surface area contributed by atoms with Gasteiger partial charge in [0.15, 0.2) is 0 Å². The highest BCUT2D eigenvalue weighted by molar-refractivity contribution is 6.30. The molecule has 0 amide bonds. The fraction of sp³-hybridized carbons (Fsp3) is 0.143. The minimum atomic E-state index is 0.492. The molecule has 0 aliphatic rings. The van der Waals surface area contributed by atoms with Crippen LogP contribution >= 0.6 is 11.6 Å². The maximum absolute atomic E-state index is 9.83. The topological polar surface area (TPSA) is 23.5 Å². The molecule has 0 aliphatic heterocycles. The predicted octanol–water partition coefficient (Wildman–Crippen LogP) is 3.73. The summed E-state index contributed by atoms with van der Waals surface area (Å²) in [4.78, 5) is 0. The molecule has 0 fully saturated rings. The Morgan fingerprint density at radius 3 is 1.94 bits per heavy atom. The quantitative estimate of drug-likeness (QED) is 0.833. The summed E-state index contributed by atoms with van der Waals surface area (Å²) < 4.78 is 0. The molecule has 0 unspecified atom stereocenters. The van der Waals surface area contributed by atoms with Gasteiger partial charge in [-0.15, -0.1) is 0 Å². The third kappa shape index (κ3) is 3.86. The smallest absolute Gasteiger partial charge is 0.0492 e. The van der Waals surface area contributed by atoms with Crippen molar-refractivity contribution < 1.29 is 5.21 Å². The van der Waals surface area contributed by atoms with Gasteiger partial charge < -0.3 is 5.21 Å². The molecule has 0 radical (unpaired) electrons. The van der Waals surface area contributed by atoms with E-state index in [1.807, 2.05) is 54.6 Å². The van der Waals surface area contributed by atoms with Gasteiger partial charge in [0.25, 0.3) is 0 Å². The fourth-order valence-electron chi connectivity index (χ4n) is 1.65. The third-order valence-electron chi connectivity index (χ3n) is 2.49. The summed E-state index contributed by atoms with van der Waals surface area (Å²) in [7, 11) is 0. The van der Waals surface area contributed by atoms with Crippen molar-refractivity contribution in [1.29, 1.82) is 0 Å². The monoisotopic (exact) mass is 247 g/mol. The molecular formula is C14H14ClNO. The standard InChI is InChI=1S/C14H14ClNO/c15-14-8-6-13(7-9-14)11-16(17)10-12-4-2-1-3-5-12/h1-9,17H,10-11H2. The largest absolute Gasteiger partial charge is 0.313 e. The second-order valence-electron chi connectivity index (χ2n) is 3.93. The molecule has 0 aliphatic carbocycles.